The predicted molar refractivity (Wildman–Crippen MR) is 58.4 cm³/mol. The van der Waals surface area contributed by atoms with Crippen molar-refractivity contribution in [3.8, 4) is 5.82 Å². The summed E-state index contributed by atoms with van der Waals surface area (Å²) in [6.07, 6.45) is 3.72. The maximum Gasteiger partial charge on any atom is 0.356 e. The van der Waals surface area contributed by atoms with Crippen LogP contribution in [0, 0.1) is 6.92 Å². The van der Waals surface area contributed by atoms with Gasteiger partial charge in [0.2, 0.25) is 0 Å². The number of nitrogens with zero attached hydrogens (tertiary/aromatic N) is 3. The standard InChI is InChI=1S/C11H9N3O3/c1-7-5-14(13-10(7)11(16)17)9-4-8(6-15)2-3-12-9/h2-6H,1H3,(H,16,17). The average molecular weight is 231 g/mol. The Morgan fingerprint density at radius 1 is 1.53 bits per heavy atom. The second kappa shape index (κ2) is 4.17. The summed E-state index contributed by atoms with van der Waals surface area (Å²) in [5.41, 5.74) is 0.971. The molecule has 0 atom stereocenters. The summed E-state index contributed by atoms with van der Waals surface area (Å²) in [5, 5.41) is 12.8. The van der Waals surface area contributed by atoms with E-state index in [1.807, 2.05) is 0 Å². The fourth-order valence-corrected chi connectivity index (χ4v) is 1.42. The molecule has 0 unspecified atom stereocenters. The van der Waals surface area contributed by atoms with E-state index < -0.39 is 5.97 Å². The highest BCUT2D eigenvalue weighted by molar-refractivity contribution is 5.86. The van der Waals surface area contributed by atoms with Crippen LogP contribution >= 0.6 is 0 Å². The molecule has 0 saturated carbocycles. The van der Waals surface area contributed by atoms with E-state index >= 15 is 0 Å². The van der Waals surface area contributed by atoms with Crippen molar-refractivity contribution in [3.05, 3.63) is 41.3 Å². The van der Waals surface area contributed by atoms with Gasteiger partial charge in [-0.05, 0) is 19.1 Å². The fraction of sp³-hybridized carbons (Fsp3) is 0.0909. The SMILES string of the molecule is Cc1cn(-c2cc(C=O)ccn2)nc1C(=O)O. The Bertz CT molecular complexity index is 589. The second-order valence-electron chi connectivity index (χ2n) is 3.48. The molecular formula is C11H9N3O3. The topological polar surface area (TPSA) is 85.1 Å². The van der Waals surface area contributed by atoms with E-state index in [4.69, 9.17) is 5.11 Å². The van der Waals surface area contributed by atoms with Gasteiger partial charge in [0.15, 0.2) is 11.5 Å². The lowest BCUT2D eigenvalue weighted by molar-refractivity contribution is 0.0689. The molecule has 2 aromatic rings. The quantitative estimate of drug-likeness (QED) is 0.799. The molecule has 2 heterocycles. The number of aromatic carboxylic acids is 1. The molecule has 2 rings (SSSR count). The summed E-state index contributed by atoms with van der Waals surface area (Å²) >= 11 is 0. The van der Waals surface area contributed by atoms with E-state index in [9.17, 15) is 9.59 Å². The van der Waals surface area contributed by atoms with E-state index in [2.05, 4.69) is 10.1 Å². The van der Waals surface area contributed by atoms with Crippen molar-refractivity contribution in [2.45, 2.75) is 6.92 Å². The number of aromatic nitrogens is 3. The van der Waals surface area contributed by atoms with Gasteiger partial charge in [-0.2, -0.15) is 5.10 Å². The maximum absolute atomic E-state index is 10.8. The number of carboxylic acid groups (broad SMARTS) is 1. The molecule has 0 amide bonds. The summed E-state index contributed by atoms with van der Waals surface area (Å²) in [7, 11) is 0. The number of aldehydes is 1. The molecule has 17 heavy (non-hydrogen) atoms. The number of hydrogen-bond acceptors (Lipinski definition) is 4. The summed E-state index contributed by atoms with van der Waals surface area (Å²) in [6.45, 7) is 1.65. The molecule has 6 heteroatoms. The predicted octanol–water partition coefficient (Wildman–Crippen LogP) is 1.09. The van der Waals surface area contributed by atoms with Crippen molar-refractivity contribution >= 4 is 12.3 Å². The van der Waals surface area contributed by atoms with Crippen molar-refractivity contribution < 1.29 is 14.7 Å². The lowest BCUT2D eigenvalue weighted by Crippen LogP contribution is -2.03. The van der Waals surface area contributed by atoms with Crippen molar-refractivity contribution in [2.24, 2.45) is 0 Å². The summed E-state index contributed by atoms with van der Waals surface area (Å²) in [5.74, 6) is -0.682. The second-order valence-corrected chi connectivity index (χ2v) is 3.48. The lowest BCUT2D eigenvalue weighted by atomic mass is 10.3. The van der Waals surface area contributed by atoms with Gasteiger partial charge >= 0.3 is 5.97 Å². The molecule has 0 bridgehead atoms. The number of carbonyl (C=O) groups is 2. The Kier molecular flexibility index (Phi) is 2.70. The molecule has 0 aliphatic carbocycles. The van der Waals surface area contributed by atoms with E-state index in [0.717, 1.165) is 0 Å². The van der Waals surface area contributed by atoms with Crippen LogP contribution in [-0.2, 0) is 0 Å². The van der Waals surface area contributed by atoms with Crippen LogP contribution in [0.3, 0.4) is 0 Å². The van der Waals surface area contributed by atoms with E-state index in [1.54, 1.807) is 19.2 Å². The number of aryl methyl sites for hydroxylation is 1. The van der Waals surface area contributed by atoms with Gasteiger partial charge in [0, 0.05) is 23.5 Å². The van der Waals surface area contributed by atoms with Crippen molar-refractivity contribution in [1.82, 2.24) is 14.8 Å². The van der Waals surface area contributed by atoms with Gasteiger partial charge in [0.05, 0.1) is 0 Å². The molecule has 1 N–H and O–H groups in total. The zero-order valence-corrected chi connectivity index (χ0v) is 8.99. The Morgan fingerprint density at radius 3 is 2.88 bits per heavy atom. The largest absolute Gasteiger partial charge is 0.476 e. The van der Waals surface area contributed by atoms with Gasteiger partial charge in [0.1, 0.15) is 6.29 Å². The Labute approximate surface area is 96.5 Å². The van der Waals surface area contributed by atoms with E-state index in [-0.39, 0.29) is 5.69 Å². The minimum atomic E-state index is -1.09. The third kappa shape index (κ3) is 2.05. The van der Waals surface area contributed by atoms with Crippen molar-refractivity contribution in [1.29, 1.82) is 0 Å². The zero-order chi connectivity index (χ0) is 12.4. The van der Waals surface area contributed by atoms with Gasteiger partial charge in [-0.25, -0.2) is 14.5 Å². The van der Waals surface area contributed by atoms with Crippen LogP contribution in [-0.4, -0.2) is 32.1 Å². The van der Waals surface area contributed by atoms with Crippen LogP contribution in [0.25, 0.3) is 5.82 Å². The van der Waals surface area contributed by atoms with Crippen LogP contribution < -0.4 is 0 Å². The molecule has 0 aromatic carbocycles. The smallest absolute Gasteiger partial charge is 0.356 e. The first-order chi connectivity index (χ1) is 8.11. The van der Waals surface area contributed by atoms with Crippen LogP contribution in [0.2, 0.25) is 0 Å². The monoisotopic (exact) mass is 231 g/mol. The Morgan fingerprint density at radius 2 is 2.29 bits per heavy atom. The molecule has 0 fully saturated rings. The van der Waals surface area contributed by atoms with Gasteiger partial charge < -0.3 is 5.11 Å². The van der Waals surface area contributed by atoms with Gasteiger partial charge in [-0.1, -0.05) is 0 Å². The molecule has 0 spiro atoms. The fourth-order valence-electron chi connectivity index (χ4n) is 1.42. The molecule has 0 saturated heterocycles. The summed E-state index contributed by atoms with van der Waals surface area (Å²) in [6, 6.07) is 3.09. The maximum atomic E-state index is 10.8. The highest BCUT2D eigenvalue weighted by Crippen LogP contribution is 2.10. The molecule has 0 aliphatic rings. The highest BCUT2D eigenvalue weighted by atomic mass is 16.4. The lowest BCUT2D eigenvalue weighted by Gasteiger charge is -1.99. The highest BCUT2D eigenvalue weighted by Gasteiger charge is 2.13. The number of carboxylic acids is 1. The average Bonchev–Trinajstić information content (AvgIpc) is 2.71. The summed E-state index contributed by atoms with van der Waals surface area (Å²) < 4.78 is 1.34. The zero-order valence-electron chi connectivity index (χ0n) is 8.99. The van der Waals surface area contributed by atoms with E-state index in [1.165, 1.54) is 16.9 Å². The number of hydrogen-bond donors (Lipinski definition) is 1. The van der Waals surface area contributed by atoms with Gasteiger partial charge in [-0.15, -0.1) is 0 Å². The number of rotatable bonds is 3. The normalized spacial score (nSPS) is 10.2. The molecular weight excluding hydrogens is 222 g/mol. The third-order valence-corrected chi connectivity index (χ3v) is 2.24. The number of pyridine rings is 1. The third-order valence-electron chi connectivity index (χ3n) is 2.24. The van der Waals surface area contributed by atoms with Gasteiger partial charge in [0.25, 0.3) is 0 Å². The van der Waals surface area contributed by atoms with Crippen LogP contribution in [0.4, 0.5) is 0 Å². The minimum Gasteiger partial charge on any atom is -0.476 e. The minimum absolute atomic E-state index is 0.0247. The Balaban J connectivity index is 2.49. The number of carbonyl (C=O) groups excluding carboxylic acids is 1. The molecule has 6 nitrogen and oxygen atoms in total. The van der Waals surface area contributed by atoms with E-state index in [0.29, 0.717) is 23.2 Å². The molecule has 86 valence electrons. The first-order valence-electron chi connectivity index (χ1n) is 4.83. The first kappa shape index (κ1) is 11.0. The van der Waals surface area contributed by atoms with Crippen molar-refractivity contribution in [2.75, 3.05) is 0 Å². The van der Waals surface area contributed by atoms with Crippen LogP contribution in [0.1, 0.15) is 26.4 Å². The van der Waals surface area contributed by atoms with Crippen LogP contribution in [0.15, 0.2) is 24.5 Å². The summed E-state index contributed by atoms with van der Waals surface area (Å²) in [4.78, 5) is 25.5. The molecule has 0 radical (unpaired) electrons. The van der Waals surface area contributed by atoms with Crippen molar-refractivity contribution in [3.63, 3.8) is 0 Å². The Hall–Kier alpha value is -2.50. The first-order valence-corrected chi connectivity index (χ1v) is 4.83. The molecule has 2 aromatic heterocycles. The molecule has 0 aliphatic heterocycles. The van der Waals surface area contributed by atoms with Crippen LogP contribution in [0.5, 0.6) is 0 Å². The van der Waals surface area contributed by atoms with Gasteiger partial charge in [-0.3, -0.25) is 4.79 Å².